The number of likely N-dealkylation sites (tertiary alicyclic amines) is 1. The summed E-state index contributed by atoms with van der Waals surface area (Å²) in [6.45, 7) is 0.693. The van der Waals surface area contributed by atoms with Crippen molar-refractivity contribution >= 4 is 16.8 Å². The molecule has 0 unspecified atom stereocenters. The number of hydrogen-bond acceptors (Lipinski definition) is 4. The monoisotopic (exact) mass is 415 g/mol. The molecule has 158 valence electrons. The van der Waals surface area contributed by atoms with Crippen molar-refractivity contribution in [2.75, 3.05) is 13.7 Å². The molecule has 1 aliphatic rings. The Bertz CT molecular complexity index is 1200. The van der Waals surface area contributed by atoms with E-state index in [4.69, 9.17) is 9.15 Å². The molecule has 2 aromatic heterocycles. The van der Waals surface area contributed by atoms with Crippen molar-refractivity contribution in [2.45, 2.75) is 31.7 Å². The SMILES string of the molecule is COc1ccc2[nH]c(C(=O)N3CCCC[C@H]3c3ncc(Cc4ccccc4)o3)cc2c1. The third kappa shape index (κ3) is 3.93. The molecule has 0 radical (unpaired) electrons. The smallest absolute Gasteiger partial charge is 0.270 e. The van der Waals surface area contributed by atoms with Crippen LogP contribution >= 0.6 is 0 Å². The number of fused-ring (bicyclic) bond motifs is 1. The van der Waals surface area contributed by atoms with E-state index in [0.29, 0.717) is 24.6 Å². The largest absolute Gasteiger partial charge is 0.497 e. The second kappa shape index (κ2) is 8.30. The number of rotatable bonds is 5. The van der Waals surface area contributed by atoms with Gasteiger partial charge in [-0.15, -0.1) is 0 Å². The van der Waals surface area contributed by atoms with E-state index in [9.17, 15) is 4.79 Å². The predicted octanol–water partition coefficient (Wildman–Crippen LogP) is 5.12. The predicted molar refractivity (Wildman–Crippen MR) is 118 cm³/mol. The minimum atomic E-state index is -0.147. The molecule has 1 saturated heterocycles. The van der Waals surface area contributed by atoms with Crippen molar-refractivity contribution in [3.05, 3.63) is 83.7 Å². The topological polar surface area (TPSA) is 71.4 Å². The summed E-state index contributed by atoms with van der Waals surface area (Å²) in [5.74, 6) is 2.18. The van der Waals surface area contributed by atoms with E-state index in [-0.39, 0.29) is 11.9 Å². The van der Waals surface area contributed by atoms with Crippen LogP contribution in [0.3, 0.4) is 0 Å². The third-order valence-corrected chi connectivity index (χ3v) is 5.90. The Kier molecular flexibility index (Phi) is 5.20. The molecule has 3 heterocycles. The molecule has 1 atom stereocenters. The van der Waals surface area contributed by atoms with Crippen molar-refractivity contribution < 1.29 is 13.9 Å². The van der Waals surface area contributed by atoms with E-state index in [1.54, 1.807) is 13.3 Å². The van der Waals surface area contributed by atoms with Gasteiger partial charge < -0.3 is 19.0 Å². The number of carbonyl (C=O) groups excluding carboxylic acids is 1. The summed E-state index contributed by atoms with van der Waals surface area (Å²) in [5, 5.41) is 0.956. The first-order valence-electron chi connectivity index (χ1n) is 10.7. The summed E-state index contributed by atoms with van der Waals surface area (Å²) in [7, 11) is 1.64. The average molecular weight is 415 g/mol. The van der Waals surface area contributed by atoms with Gasteiger partial charge in [-0.25, -0.2) is 4.98 Å². The van der Waals surface area contributed by atoms with Crippen LogP contribution in [0.15, 0.2) is 65.2 Å². The van der Waals surface area contributed by atoms with Crippen LogP contribution in [0, 0.1) is 0 Å². The Labute approximate surface area is 180 Å². The molecule has 1 fully saturated rings. The van der Waals surface area contributed by atoms with Gasteiger partial charge in [0.2, 0.25) is 5.89 Å². The Morgan fingerprint density at radius 2 is 2.06 bits per heavy atom. The fourth-order valence-corrected chi connectivity index (χ4v) is 4.29. The second-order valence-corrected chi connectivity index (χ2v) is 7.97. The van der Waals surface area contributed by atoms with Crippen molar-refractivity contribution in [1.82, 2.24) is 14.9 Å². The van der Waals surface area contributed by atoms with E-state index in [2.05, 4.69) is 22.1 Å². The Balaban J connectivity index is 1.39. The van der Waals surface area contributed by atoms with E-state index in [1.165, 1.54) is 5.56 Å². The molecule has 1 N–H and O–H groups in total. The van der Waals surface area contributed by atoms with Crippen LogP contribution in [0.2, 0.25) is 0 Å². The molecular weight excluding hydrogens is 390 g/mol. The summed E-state index contributed by atoms with van der Waals surface area (Å²) in [6, 6.07) is 17.7. The fraction of sp³-hybridized carbons (Fsp3) is 0.280. The number of amides is 1. The number of benzene rings is 2. The van der Waals surface area contributed by atoms with Crippen molar-refractivity contribution in [1.29, 1.82) is 0 Å². The quantitative estimate of drug-likeness (QED) is 0.491. The molecule has 6 heteroatoms. The van der Waals surface area contributed by atoms with Crippen LogP contribution in [0.1, 0.15) is 53.0 Å². The van der Waals surface area contributed by atoms with Gasteiger partial charge in [0.15, 0.2) is 0 Å². The highest BCUT2D eigenvalue weighted by atomic mass is 16.5. The number of nitrogens with zero attached hydrogens (tertiary/aromatic N) is 2. The molecule has 0 spiro atoms. The number of piperidine rings is 1. The number of oxazole rings is 1. The molecule has 0 bridgehead atoms. The zero-order valence-electron chi connectivity index (χ0n) is 17.5. The Morgan fingerprint density at radius 3 is 2.90 bits per heavy atom. The number of hydrogen-bond donors (Lipinski definition) is 1. The van der Waals surface area contributed by atoms with Gasteiger partial charge >= 0.3 is 0 Å². The van der Waals surface area contributed by atoms with Crippen LogP contribution in [0.4, 0.5) is 0 Å². The van der Waals surface area contributed by atoms with Crippen molar-refractivity contribution in [3.8, 4) is 5.75 Å². The Morgan fingerprint density at radius 1 is 1.19 bits per heavy atom. The number of nitrogens with one attached hydrogen (secondary N) is 1. The first kappa shape index (κ1) is 19.4. The summed E-state index contributed by atoms with van der Waals surface area (Å²) < 4.78 is 11.4. The number of H-pyrrole nitrogens is 1. The highest BCUT2D eigenvalue weighted by Gasteiger charge is 2.32. The summed E-state index contributed by atoms with van der Waals surface area (Å²) in [6.07, 6.45) is 5.36. The third-order valence-electron chi connectivity index (χ3n) is 5.90. The molecule has 1 amide bonds. The lowest BCUT2D eigenvalue weighted by Gasteiger charge is -2.33. The zero-order chi connectivity index (χ0) is 21.2. The Hall–Kier alpha value is -3.54. The second-order valence-electron chi connectivity index (χ2n) is 7.97. The maximum Gasteiger partial charge on any atom is 0.270 e. The van der Waals surface area contributed by atoms with Crippen LogP contribution in [-0.2, 0) is 6.42 Å². The van der Waals surface area contributed by atoms with E-state index in [0.717, 1.165) is 41.7 Å². The molecular formula is C25H25N3O3. The van der Waals surface area contributed by atoms with Crippen molar-refractivity contribution in [2.24, 2.45) is 0 Å². The number of aromatic amines is 1. The highest BCUT2D eigenvalue weighted by molar-refractivity contribution is 5.98. The first-order valence-corrected chi connectivity index (χ1v) is 10.7. The number of ether oxygens (including phenoxy) is 1. The fourth-order valence-electron chi connectivity index (χ4n) is 4.29. The summed E-state index contributed by atoms with van der Waals surface area (Å²) in [4.78, 5) is 23.1. The van der Waals surface area contributed by atoms with Crippen LogP contribution in [-0.4, -0.2) is 34.4 Å². The van der Waals surface area contributed by atoms with Gasteiger partial charge in [0.25, 0.3) is 5.91 Å². The van der Waals surface area contributed by atoms with E-state index >= 15 is 0 Å². The standard InChI is InChI=1S/C25H25N3O3/c1-30-19-10-11-21-18(14-19)15-22(27-21)25(29)28-12-6-5-9-23(28)24-26-16-20(31-24)13-17-7-3-2-4-8-17/h2-4,7-8,10-11,14-16,23,27H,5-6,9,12-13H2,1H3/t23-/m0/s1. The molecule has 6 nitrogen and oxygen atoms in total. The number of carbonyl (C=O) groups is 1. The van der Waals surface area contributed by atoms with Gasteiger partial charge in [-0.1, -0.05) is 30.3 Å². The zero-order valence-corrected chi connectivity index (χ0v) is 17.5. The molecule has 4 aromatic rings. The molecule has 1 aliphatic heterocycles. The van der Waals surface area contributed by atoms with Gasteiger partial charge in [-0.3, -0.25) is 4.79 Å². The van der Waals surface area contributed by atoms with Crippen LogP contribution < -0.4 is 4.74 Å². The van der Waals surface area contributed by atoms with E-state index < -0.39 is 0 Å². The maximum atomic E-state index is 13.4. The van der Waals surface area contributed by atoms with Crippen LogP contribution in [0.5, 0.6) is 5.75 Å². The first-order chi connectivity index (χ1) is 15.2. The highest BCUT2D eigenvalue weighted by Crippen LogP contribution is 2.33. The van der Waals surface area contributed by atoms with Gasteiger partial charge in [0, 0.05) is 23.9 Å². The van der Waals surface area contributed by atoms with Crippen LogP contribution in [0.25, 0.3) is 10.9 Å². The summed E-state index contributed by atoms with van der Waals surface area (Å²) in [5.41, 5.74) is 2.67. The number of methoxy groups -OCH3 is 1. The average Bonchev–Trinajstić information content (AvgIpc) is 3.45. The van der Waals surface area contributed by atoms with Gasteiger partial charge in [-0.2, -0.15) is 0 Å². The lowest BCUT2D eigenvalue weighted by atomic mass is 10.0. The number of aromatic nitrogens is 2. The molecule has 0 aliphatic carbocycles. The minimum absolute atomic E-state index is 0.0253. The molecule has 0 saturated carbocycles. The van der Waals surface area contributed by atoms with Gasteiger partial charge in [0.1, 0.15) is 23.2 Å². The molecule has 5 rings (SSSR count). The maximum absolute atomic E-state index is 13.4. The lowest BCUT2D eigenvalue weighted by Crippen LogP contribution is -2.38. The lowest BCUT2D eigenvalue weighted by molar-refractivity contribution is 0.0565. The van der Waals surface area contributed by atoms with Gasteiger partial charge in [-0.05, 0) is 49.1 Å². The molecule has 2 aromatic carbocycles. The van der Waals surface area contributed by atoms with Gasteiger partial charge in [0.05, 0.1) is 13.3 Å². The summed E-state index contributed by atoms with van der Waals surface area (Å²) >= 11 is 0. The molecule has 31 heavy (non-hydrogen) atoms. The normalized spacial score (nSPS) is 16.5. The van der Waals surface area contributed by atoms with E-state index in [1.807, 2.05) is 47.4 Å². The minimum Gasteiger partial charge on any atom is -0.497 e. The van der Waals surface area contributed by atoms with Crippen molar-refractivity contribution in [3.63, 3.8) is 0 Å².